The first-order valence-corrected chi connectivity index (χ1v) is 17.8. The Morgan fingerprint density at radius 1 is 0.327 bits per heavy atom. The summed E-state index contributed by atoms with van der Waals surface area (Å²) >= 11 is 0. The molecule has 1 aromatic heterocycles. The van der Waals surface area contributed by atoms with Crippen LogP contribution in [0.4, 0.5) is 0 Å². The van der Waals surface area contributed by atoms with E-state index in [4.69, 9.17) is 4.42 Å². The van der Waals surface area contributed by atoms with Gasteiger partial charge in [0.1, 0.15) is 11.2 Å². The molecule has 2 aliphatic carbocycles. The van der Waals surface area contributed by atoms with Gasteiger partial charge in [-0.05, 0) is 120 Å². The second-order valence-corrected chi connectivity index (χ2v) is 13.9. The highest BCUT2D eigenvalue weighted by molar-refractivity contribution is 5.96. The fourth-order valence-corrected chi connectivity index (χ4v) is 9.02. The highest BCUT2D eigenvalue weighted by Gasteiger charge is 2.51. The van der Waals surface area contributed by atoms with Crippen molar-refractivity contribution in [3.63, 3.8) is 0 Å². The van der Waals surface area contributed by atoms with E-state index in [9.17, 15) is 4.79 Å². The lowest BCUT2D eigenvalue weighted by Crippen LogP contribution is -2.25. The summed E-state index contributed by atoms with van der Waals surface area (Å²) in [5, 5.41) is 1.19. The van der Waals surface area contributed by atoms with E-state index in [1.165, 1.54) is 55.6 Å². The topological polar surface area (TPSA) is 30.2 Å². The van der Waals surface area contributed by atoms with E-state index in [0.717, 1.165) is 22.3 Å². The minimum atomic E-state index is -0.337. The zero-order valence-corrected chi connectivity index (χ0v) is 28.1. The molecule has 0 aliphatic heterocycles. The van der Waals surface area contributed by atoms with Gasteiger partial charge in [-0.25, -0.2) is 0 Å². The lowest BCUT2D eigenvalue weighted by molar-refractivity contribution is 0.660. The molecule has 8 aromatic carbocycles. The molecule has 0 amide bonds. The van der Waals surface area contributed by atoms with Crippen LogP contribution in [0.15, 0.2) is 191 Å². The van der Waals surface area contributed by atoms with Gasteiger partial charge in [-0.2, -0.15) is 0 Å². The first kappa shape index (κ1) is 29.0. The summed E-state index contributed by atoms with van der Waals surface area (Å²) in [5.74, 6) is 0. The van der Waals surface area contributed by atoms with Crippen LogP contribution in [0.1, 0.15) is 22.3 Å². The maximum absolute atomic E-state index is 13.4. The van der Waals surface area contributed by atoms with E-state index in [1.807, 2.05) is 42.5 Å². The summed E-state index contributed by atoms with van der Waals surface area (Å²) in [7, 11) is 0. The van der Waals surface area contributed by atoms with Gasteiger partial charge in [0.25, 0.3) is 0 Å². The summed E-state index contributed by atoms with van der Waals surface area (Å²) in [4.78, 5) is 13.4. The third-order valence-electron chi connectivity index (χ3n) is 11.3. The van der Waals surface area contributed by atoms with Gasteiger partial charge in [0.2, 0.25) is 5.43 Å². The van der Waals surface area contributed by atoms with Crippen molar-refractivity contribution < 1.29 is 4.42 Å². The zero-order valence-electron chi connectivity index (χ0n) is 28.1. The van der Waals surface area contributed by atoms with Crippen LogP contribution in [0, 0.1) is 0 Å². The van der Waals surface area contributed by atoms with Crippen LogP contribution in [0.5, 0.6) is 0 Å². The summed E-state index contributed by atoms with van der Waals surface area (Å²) in [6, 6.07) is 64.6. The number of benzene rings is 8. The molecule has 11 rings (SSSR count). The number of hydrogen-bond acceptors (Lipinski definition) is 2. The minimum absolute atomic E-state index is 0.00760. The van der Waals surface area contributed by atoms with Crippen molar-refractivity contribution >= 4 is 21.9 Å². The Bertz CT molecular complexity index is 2950. The van der Waals surface area contributed by atoms with Crippen molar-refractivity contribution in [2.45, 2.75) is 5.41 Å². The summed E-state index contributed by atoms with van der Waals surface area (Å²) in [5.41, 5.74) is 18.2. The van der Waals surface area contributed by atoms with Crippen LogP contribution in [-0.2, 0) is 5.41 Å². The molecule has 0 fully saturated rings. The average molecular weight is 663 g/mol. The maximum atomic E-state index is 13.4. The molecule has 0 atom stereocenters. The molecule has 0 bridgehead atoms. The Kier molecular flexibility index (Phi) is 6.06. The van der Waals surface area contributed by atoms with Crippen LogP contribution in [0.25, 0.3) is 77.6 Å². The molecular weight excluding hydrogens is 633 g/mol. The normalized spacial score (nSPS) is 13.2. The fourth-order valence-electron chi connectivity index (χ4n) is 9.02. The van der Waals surface area contributed by atoms with Gasteiger partial charge in [-0.15, -0.1) is 0 Å². The molecule has 0 saturated heterocycles. The Labute approximate surface area is 300 Å². The van der Waals surface area contributed by atoms with Crippen molar-refractivity contribution in [1.29, 1.82) is 0 Å². The summed E-state index contributed by atoms with van der Waals surface area (Å²) in [6.45, 7) is 0. The summed E-state index contributed by atoms with van der Waals surface area (Å²) < 4.78 is 6.07. The second-order valence-electron chi connectivity index (χ2n) is 13.9. The molecule has 0 unspecified atom stereocenters. The Hall–Kier alpha value is -6.77. The fraction of sp³-hybridized carbons (Fsp3) is 0.0200. The van der Waals surface area contributed by atoms with Crippen molar-refractivity contribution in [2.75, 3.05) is 0 Å². The van der Waals surface area contributed by atoms with Crippen LogP contribution in [-0.4, -0.2) is 0 Å². The molecule has 1 heterocycles. The average Bonchev–Trinajstić information content (AvgIpc) is 3.68. The largest absolute Gasteiger partial charge is 0.456 e. The van der Waals surface area contributed by atoms with Gasteiger partial charge < -0.3 is 4.42 Å². The third-order valence-corrected chi connectivity index (χ3v) is 11.3. The summed E-state index contributed by atoms with van der Waals surface area (Å²) in [6.07, 6.45) is 0. The molecular formula is C50H30O2. The SMILES string of the molecule is O=c1c2ccccc2oc2ccc(-c3cccc(-c4cccc(-c5ccc6c(c5)-c5ccccc5C65c6ccccc6-c6ccccc65)c4)c3)cc12. The molecule has 1 spiro atoms. The molecule has 52 heavy (non-hydrogen) atoms. The predicted octanol–water partition coefficient (Wildman–Crippen LogP) is 12.3. The van der Waals surface area contributed by atoms with Crippen LogP contribution in [0.3, 0.4) is 0 Å². The van der Waals surface area contributed by atoms with E-state index in [-0.39, 0.29) is 10.8 Å². The van der Waals surface area contributed by atoms with Gasteiger partial charge in [-0.3, -0.25) is 4.79 Å². The first-order valence-electron chi connectivity index (χ1n) is 17.8. The number of hydrogen-bond donors (Lipinski definition) is 0. The van der Waals surface area contributed by atoms with Gasteiger partial charge >= 0.3 is 0 Å². The lowest BCUT2D eigenvalue weighted by Gasteiger charge is -2.30. The van der Waals surface area contributed by atoms with Gasteiger partial charge in [0.05, 0.1) is 16.2 Å². The molecule has 0 N–H and O–H groups in total. The van der Waals surface area contributed by atoms with Gasteiger partial charge in [-0.1, -0.05) is 140 Å². The van der Waals surface area contributed by atoms with Crippen LogP contribution < -0.4 is 5.43 Å². The van der Waals surface area contributed by atoms with Crippen LogP contribution in [0.2, 0.25) is 0 Å². The first-order chi connectivity index (χ1) is 25.7. The molecule has 2 heteroatoms. The molecule has 0 saturated carbocycles. The Morgan fingerprint density at radius 3 is 1.38 bits per heavy atom. The van der Waals surface area contributed by atoms with E-state index in [2.05, 4.69) is 140 Å². The smallest absolute Gasteiger partial charge is 0.200 e. The molecule has 9 aromatic rings. The standard InChI is InChI=1S/C50H30O2/c51-49-40-18-4-8-22-47(40)52-48-26-24-36(30-42(48)49)34-14-10-12-32(28-34)31-11-9-13-33(27-31)35-23-25-46-41(29-35)39-17-3-7-21-45(39)50(46)43-19-5-1-15-37(43)38-16-2-6-20-44(38)50/h1-30H. The minimum Gasteiger partial charge on any atom is -0.456 e. The molecule has 0 radical (unpaired) electrons. The third kappa shape index (κ3) is 3.98. The van der Waals surface area contributed by atoms with Crippen molar-refractivity contribution in [3.05, 3.63) is 214 Å². The Morgan fingerprint density at radius 2 is 0.769 bits per heavy atom. The van der Waals surface area contributed by atoms with Crippen molar-refractivity contribution in [3.8, 4) is 55.6 Å². The number of fused-ring (bicyclic) bond motifs is 12. The maximum Gasteiger partial charge on any atom is 0.200 e. The highest BCUT2D eigenvalue weighted by atomic mass is 16.3. The van der Waals surface area contributed by atoms with Gasteiger partial charge in [0.15, 0.2) is 0 Å². The number of rotatable bonds is 3. The predicted molar refractivity (Wildman–Crippen MR) is 213 cm³/mol. The van der Waals surface area contributed by atoms with E-state index < -0.39 is 0 Å². The van der Waals surface area contributed by atoms with Crippen molar-refractivity contribution in [2.24, 2.45) is 0 Å². The quantitative estimate of drug-likeness (QED) is 0.176. The second kappa shape index (κ2) is 10.9. The van der Waals surface area contributed by atoms with Crippen LogP contribution >= 0.6 is 0 Å². The van der Waals surface area contributed by atoms with Gasteiger partial charge in [0, 0.05) is 0 Å². The Balaban J connectivity index is 1.01. The number of para-hydroxylation sites is 1. The van der Waals surface area contributed by atoms with E-state index in [0.29, 0.717) is 21.9 Å². The molecule has 242 valence electrons. The monoisotopic (exact) mass is 662 g/mol. The molecule has 2 aliphatic rings. The zero-order chi connectivity index (χ0) is 34.4. The lowest BCUT2D eigenvalue weighted by atomic mass is 9.70. The highest BCUT2D eigenvalue weighted by Crippen LogP contribution is 2.62. The van der Waals surface area contributed by atoms with Crippen molar-refractivity contribution in [1.82, 2.24) is 0 Å². The van der Waals surface area contributed by atoms with E-state index >= 15 is 0 Å². The van der Waals surface area contributed by atoms with E-state index in [1.54, 1.807) is 0 Å². The molecule has 2 nitrogen and oxygen atoms in total.